The quantitative estimate of drug-likeness (QED) is 0.880. The summed E-state index contributed by atoms with van der Waals surface area (Å²) in [7, 11) is 1.95. The summed E-state index contributed by atoms with van der Waals surface area (Å²) >= 11 is 0. The first-order valence-corrected chi connectivity index (χ1v) is 6.56. The highest BCUT2D eigenvalue weighted by molar-refractivity contribution is 5.65. The molecular formula is C15H19FN4. The van der Waals surface area contributed by atoms with Crippen molar-refractivity contribution in [3.8, 4) is 0 Å². The van der Waals surface area contributed by atoms with E-state index in [1.165, 1.54) is 12.1 Å². The second kappa shape index (κ2) is 6.23. The third-order valence-electron chi connectivity index (χ3n) is 3.13. The van der Waals surface area contributed by atoms with E-state index in [-0.39, 0.29) is 5.82 Å². The molecule has 0 amide bonds. The van der Waals surface area contributed by atoms with E-state index in [4.69, 9.17) is 5.73 Å². The molecule has 20 heavy (non-hydrogen) atoms. The fraction of sp³-hybridized carbons (Fsp3) is 0.267. The van der Waals surface area contributed by atoms with Crippen LogP contribution in [0, 0.1) is 5.82 Å². The molecule has 0 spiro atoms. The summed E-state index contributed by atoms with van der Waals surface area (Å²) < 4.78 is 12.8. The van der Waals surface area contributed by atoms with Crippen LogP contribution in [0.2, 0.25) is 0 Å². The highest BCUT2D eigenvalue weighted by Gasteiger charge is 2.06. The van der Waals surface area contributed by atoms with Crippen LogP contribution < -0.4 is 16.0 Å². The van der Waals surface area contributed by atoms with Gasteiger partial charge < -0.3 is 16.0 Å². The number of pyridine rings is 1. The number of benzene rings is 1. The third-order valence-corrected chi connectivity index (χ3v) is 3.13. The normalized spacial score (nSPS) is 10.3. The molecule has 0 atom stereocenters. The molecule has 0 aliphatic carbocycles. The van der Waals surface area contributed by atoms with Crippen molar-refractivity contribution in [2.75, 3.05) is 29.5 Å². The number of anilines is 3. The molecule has 3 N–H and O–H groups in total. The van der Waals surface area contributed by atoms with Crippen molar-refractivity contribution in [2.24, 2.45) is 0 Å². The fourth-order valence-electron chi connectivity index (χ4n) is 1.81. The lowest BCUT2D eigenvalue weighted by atomic mass is 10.2. The molecule has 106 valence electrons. The van der Waals surface area contributed by atoms with Gasteiger partial charge in [-0.05, 0) is 36.8 Å². The largest absolute Gasteiger partial charge is 0.396 e. The Morgan fingerprint density at radius 1 is 1.20 bits per heavy atom. The summed E-state index contributed by atoms with van der Waals surface area (Å²) in [6.07, 6.45) is 0. The smallest absolute Gasteiger partial charge is 0.153 e. The minimum Gasteiger partial charge on any atom is -0.396 e. The van der Waals surface area contributed by atoms with Crippen LogP contribution in [0.15, 0.2) is 36.4 Å². The summed E-state index contributed by atoms with van der Waals surface area (Å²) in [5.74, 6) is 1.28. The second-order valence-electron chi connectivity index (χ2n) is 4.60. The zero-order chi connectivity index (χ0) is 14.5. The molecule has 0 radical (unpaired) electrons. The molecule has 1 heterocycles. The maximum Gasteiger partial charge on any atom is 0.153 e. The molecule has 1 aromatic heterocycles. The van der Waals surface area contributed by atoms with Gasteiger partial charge in [0.05, 0.1) is 5.69 Å². The molecule has 0 aliphatic heterocycles. The molecule has 2 rings (SSSR count). The zero-order valence-electron chi connectivity index (χ0n) is 11.7. The van der Waals surface area contributed by atoms with Crippen molar-refractivity contribution >= 4 is 17.3 Å². The van der Waals surface area contributed by atoms with Crippen LogP contribution in [-0.2, 0) is 6.54 Å². The van der Waals surface area contributed by atoms with E-state index >= 15 is 0 Å². The summed E-state index contributed by atoms with van der Waals surface area (Å²) in [5, 5.41) is 3.21. The standard InChI is InChI=1S/C15H19FN4/c1-3-20(2)15-13(17)8-9-14(19-15)18-10-11-4-6-12(16)7-5-11/h4-9H,3,10,17H2,1-2H3,(H,18,19). The summed E-state index contributed by atoms with van der Waals surface area (Å²) in [5.41, 5.74) is 7.57. The van der Waals surface area contributed by atoms with Gasteiger partial charge in [0.1, 0.15) is 11.6 Å². The molecule has 2 aromatic rings. The number of nitrogens with one attached hydrogen (secondary N) is 1. The molecule has 0 saturated carbocycles. The van der Waals surface area contributed by atoms with Gasteiger partial charge in [0.2, 0.25) is 0 Å². The number of nitrogen functional groups attached to an aromatic ring is 1. The van der Waals surface area contributed by atoms with Crippen molar-refractivity contribution in [1.82, 2.24) is 4.98 Å². The lowest BCUT2D eigenvalue weighted by Gasteiger charge is -2.18. The first-order chi connectivity index (χ1) is 9.60. The maximum absolute atomic E-state index is 12.8. The van der Waals surface area contributed by atoms with Crippen molar-refractivity contribution in [2.45, 2.75) is 13.5 Å². The SMILES string of the molecule is CCN(C)c1nc(NCc2ccc(F)cc2)ccc1N. The van der Waals surface area contributed by atoms with E-state index in [1.54, 1.807) is 12.1 Å². The minimum atomic E-state index is -0.230. The zero-order valence-corrected chi connectivity index (χ0v) is 11.7. The van der Waals surface area contributed by atoms with Crippen LogP contribution in [0.3, 0.4) is 0 Å². The molecule has 0 fully saturated rings. The fourth-order valence-corrected chi connectivity index (χ4v) is 1.81. The molecule has 0 bridgehead atoms. The number of nitrogens with two attached hydrogens (primary N) is 1. The summed E-state index contributed by atoms with van der Waals surface area (Å²) in [6, 6.07) is 10.1. The molecule has 5 heteroatoms. The van der Waals surface area contributed by atoms with Gasteiger partial charge >= 0.3 is 0 Å². The number of hydrogen-bond donors (Lipinski definition) is 2. The summed E-state index contributed by atoms with van der Waals surface area (Å²) in [4.78, 5) is 6.48. The first kappa shape index (κ1) is 14.1. The lowest BCUT2D eigenvalue weighted by Crippen LogP contribution is -2.19. The topological polar surface area (TPSA) is 54.2 Å². The number of nitrogens with zero attached hydrogens (tertiary/aromatic N) is 2. The van der Waals surface area contributed by atoms with Gasteiger partial charge in [-0.25, -0.2) is 9.37 Å². The van der Waals surface area contributed by atoms with Crippen molar-refractivity contribution in [1.29, 1.82) is 0 Å². The van der Waals surface area contributed by atoms with Gasteiger partial charge in [0, 0.05) is 20.1 Å². The van der Waals surface area contributed by atoms with Crippen molar-refractivity contribution in [3.05, 3.63) is 47.8 Å². The highest BCUT2D eigenvalue weighted by atomic mass is 19.1. The molecular weight excluding hydrogens is 255 g/mol. The Hall–Kier alpha value is -2.30. The Bertz CT molecular complexity index is 569. The van der Waals surface area contributed by atoms with Gasteiger partial charge in [-0.1, -0.05) is 12.1 Å². The van der Waals surface area contributed by atoms with E-state index in [9.17, 15) is 4.39 Å². The van der Waals surface area contributed by atoms with E-state index < -0.39 is 0 Å². The molecule has 0 aliphatic rings. The van der Waals surface area contributed by atoms with Crippen molar-refractivity contribution in [3.63, 3.8) is 0 Å². The first-order valence-electron chi connectivity index (χ1n) is 6.56. The van der Waals surface area contributed by atoms with Gasteiger partial charge in [-0.15, -0.1) is 0 Å². The molecule has 1 aromatic carbocycles. The minimum absolute atomic E-state index is 0.230. The van der Waals surface area contributed by atoms with Crippen molar-refractivity contribution < 1.29 is 4.39 Å². The molecule has 0 unspecified atom stereocenters. The van der Waals surface area contributed by atoms with Gasteiger partial charge in [-0.3, -0.25) is 0 Å². The van der Waals surface area contributed by atoms with E-state index in [2.05, 4.69) is 10.3 Å². The predicted molar refractivity (Wildman–Crippen MR) is 81.3 cm³/mol. The van der Waals surface area contributed by atoms with Crippen LogP contribution >= 0.6 is 0 Å². The van der Waals surface area contributed by atoms with Gasteiger partial charge in [-0.2, -0.15) is 0 Å². The van der Waals surface area contributed by atoms with Crippen LogP contribution in [0.1, 0.15) is 12.5 Å². The van der Waals surface area contributed by atoms with E-state index in [0.29, 0.717) is 12.2 Å². The summed E-state index contributed by atoms with van der Waals surface area (Å²) in [6.45, 7) is 3.46. The van der Waals surface area contributed by atoms with Gasteiger partial charge in [0.25, 0.3) is 0 Å². The number of hydrogen-bond acceptors (Lipinski definition) is 4. The average Bonchev–Trinajstić information content (AvgIpc) is 2.47. The second-order valence-corrected chi connectivity index (χ2v) is 4.60. The van der Waals surface area contributed by atoms with Gasteiger partial charge in [0.15, 0.2) is 5.82 Å². The van der Waals surface area contributed by atoms with Crippen LogP contribution in [0.4, 0.5) is 21.7 Å². The lowest BCUT2D eigenvalue weighted by molar-refractivity contribution is 0.627. The molecule has 4 nitrogen and oxygen atoms in total. The average molecular weight is 274 g/mol. The monoisotopic (exact) mass is 274 g/mol. The molecule has 0 saturated heterocycles. The highest BCUT2D eigenvalue weighted by Crippen LogP contribution is 2.21. The van der Waals surface area contributed by atoms with Crippen LogP contribution in [0.5, 0.6) is 0 Å². The Balaban J connectivity index is 2.08. The predicted octanol–water partition coefficient (Wildman–Crippen LogP) is 2.87. The van der Waals surface area contributed by atoms with Crippen LogP contribution in [0.25, 0.3) is 0 Å². The number of rotatable bonds is 5. The number of halogens is 1. The Kier molecular flexibility index (Phi) is 4.40. The van der Waals surface area contributed by atoms with Crippen LogP contribution in [-0.4, -0.2) is 18.6 Å². The Morgan fingerprint density at radius 2 is 1.90 bits per heavy atom. The van der Waals surface area contributed by atoms with E-state index in [0.717, 1.165) is 23.7 Å². The number of aromatic nitrogens is 1. The Morgan fingerprint density at radius 3 is 2.55 bits per heavy atom. The maximum atomic E-state index is 12.8. The Labute approximate surface area is 118 Å². The van der Waals surface area contributed by atoms with E-state index in [1.807, 2.05) is 31.0 Å². The third kappa shape index (κ3) is 3.38.